The van der Waals surface area contributed by atoms with E-state index in [4.69, 9.17) is 14.2 Å². The lowest BCUT2D eigenvalue weighted by molar-refractivity contribution is -0.160. The molecule has 1 N–H and O–H groups in total. The molecule has 2 aromatic heterocycles. The zero-order valence-electron chi connectivity index (χ0n) is 22.4. The van der Waals surface area contributed by atoms with E-state index < -0.39 is 36.0 Å². The average molecular weight is 548 g/mol. The first-order valence-corrected chi connectivity index (χ1v) is 12.9. The normalized spacial score (nSPS) is 22.2. The van der Waals surface area contributed by atoms with Crippen LogP contribution in [0, 0.1) is 6.92 Å². The molecule has 2 aromatic carbocycles. The number of ether oxygens (including phenoxy) is 3. The van der Waals surface area contributed by atoms with Gasteiger partial charge in [-0.1, -0.05) is 60.7 Å². The van der Waals surface area contributed by atoms with Gasteiger partial charge >= 0.3 is 11.9 Å². The monoisotopic (exact) mass is 547 g/mol. The van der Waals surface area contributed by atoms with E-state index in [9.17, 15) is 9.59 Å². The average Bonchev–Trinajstić information content (AvgIpc) is 3.45. The van der Waals surface area contributed by atoms with Crippen LogP contribution in [0.2, 0.25) is 0 Å². The molecular weight excluding hydrogens is 517 g/mol. The fourth-order valence-corrected chi connectivity index (χ4v) is 4.84. The van der Waals surface area contributed by atoms with Crippen LogP contribution in [-0.2, 0) is 36.6 Å². The molecule has 10 nitrogen and oxygen atoms in total. The van der Waals surface area contributed by atoms with Gasteiger partial charge in [-0.15, -0.1) is 0 Å². The summed E-state index contributed by atoms with van der Waals surface area (Å²) < 4.78 is 35.4. The second-order valence-corrected chi connectivity index (χ2v) is 9.79. The predicted molar refractivity (Wildman–Crippen MR) is 144 cm³/mol. The molecule has 40 heavy (non-hydrogen) atoms. The van der Waals surface area contributed by atoms with Crippen molar-refractivity contribution >= 4 is 28.9 Å². The fourth-order valence-electron chi connectivity index (χ4n) is 4.84. The van der Waals surface area contributed by atoms with Crippen LogP contribution in [0.1, 0.15) is 30.1 Å². The van der Waals surface area contributed by atoms with E-state index in [1.54, 1.807) is 38.2 Å². The summed E-state index contributed by atoms with van der Waals surface area (Å²) in [5, 5.41) is 2.97. The van der Waals surface area contributed by atoms with Crippen molar-refractivity contribution in [3.05, 3.63) is 83.9 Å². The largest absolute Gasteiger partial charge is 0.463 e. The van der Waals surface area contributed by atoms with Crippen molar-refractivity contribution in [1.82, 2.24) is 19.5 Å². The topological polar surface area (TPSA) is 117 Å². The molecule has 0 saturated carbocycles. The summed E-state index contributed by atoms with van der Waals surface area (Å²) in [6.45, 7) is 2.70. The van der Waals surface area contributed by atoms with Crippen molar-refractivity contribution in [2.45, 2.75) is 50.8 Å². The van der Waals surface area contributed by atoms with Crippen molar-refractivity contribution in [2.75, 3.05) is 19.0 Å². The highest BCUT2D eigenvalue weighted by atomic mass is 19.1. The number of aromatic nitrogens is 4. The Hall–Kier alpha value is -4.38. The third-order valence-electron chi connectivity index (χ3n) is 6.75. The molecule has 0 amide bonds. The molecule has 1 fully saturated rings. The van der Waals surface area contributed by atoms with Crippen molar-refractivity contribution in [3.63, 3.8) is 0 Å². The van der Waals surface area contributed by atoms with Gasteiger partial charge in [0.25, 0.3) is 0 Å². The quantitative estimate of drug-likeness (QED) is 0.313. The first-order valence-electron chi connectivity index (χ1n) is 12.9. The highest BCUT2D eigenvalue weighted by molar-refractivity contribution is 5.83. The molecule has 3 heterocycles. The number of alkyl halides is 1. The number of carbonyl (C=O) groups excluding carboxylic acids is 2. The van der Waals surface area contributed by atoms with E-state index in [-0.39, 0.29) is 19.4 Å². The summed E-state index contributed by atoms with van der Waals surface area (Å²) in [6, 6.07) is 18.1. The standard InChI is InChI=1S/C29H30FN5O5/c1-18-33-26(31-3)24-27(34-18)35(17-32-24)28-29(2,30)25(40-23(37)15-20-12-8-5-9-13-20)21(39-28)16-38-22(36)14-19-10-6-4-7-11-19/h4-13,17,21,25,28H,14-16H2,1-3H3,(H,31,33,34)/t21-,25-,28-,29-/m1/s1. The van der Waals surface area contributed by atoms with E-state index in [0.29, 0.717) is 22.8 Å². The van der Waals surface area contributed by atoms with Gasteiger partial charge in [0.1, 0.15) is 18.5 Å². The van der Waals surface area contributed by atoms with Crippen LogP contribution >= 0.6 is 0 Å². The summed E-state index contributed by atoms with van der Waals surface area (Å²) in [5.74, 6) is -0.203. The minimum atomic E-state index is -2.23. The maximum Gasteiger partial charge on any atom is 0.310 e. The number of imidazole rings is 1. The van der Waals surface area contributed by atoms with Crippen LogP contribution in [0.3, 0.4) is 0 Å². The molecule has 4 atom stereocenters. The Morgan fingerprint density at radius 2 is 1.65 bits per heavy atom. The van der Waals surface area contributed by atoms with E-state index in [0.717, 1.165) is 11.1 Å². The summed E-state index contributed by atoms with van der Waals surface area (Å²) in [4.78, 5) is 38.6. The van der Waals surface area contributed by atoms with Gasteiger partial charge in [-0.05, 0) is 25.0 Å². The van der Waals surface area contributed by atoms with Gasteiger partial charge in [-0.25, -0.2) is 19.3 Å². The van der Waals surface area contributed by atoms with Crippen LogP contribution in [0.15, 0.2) is 67.0 Å². The van der Waals surface area contributed by atoms with Gasteiger partial charge in [0.15, 0.2) is 35.0 Å². The molecule has 1 saturated heterocycles. The Balaban J connectivity index is 1.41. The van der Waals surface area contributed by atoms with Gasteiger partial charge in [-0.3, -0.25) is 14.2 Å². The number of nitrogens with one attached hydrogen (secondary N) is 1. The number of esters is 2. The van der Waals surface area contributed by atoms with Gasteiger partial charge in [-0.2, -0.15) is 0 Å². The number of carbonyl (C=O) groups is 2. The molecule has 5 rings (SSSR count). The molecule has 1 aliphatic rings. The molecule has 0 unspecified atom stereocenters. The maximum absolute atomic E-state index is 16.7. The van der Waals surface area contributed by atoms with Gasteiger partial charge < -0.3 is 19.5 Å². The lowest BCUT2D eigenvalue weighted by Gasteiger charge is -2.27. The van der Waals surface area contributed by atoms with Crippen molar-refractivity contribution in [3.8, 4) is 0 Å². The number of halogens is 1. The second kappa shape index (κ2) is 11.4. The number of nitrogens with zero attached hydrogens (tertiary/aromatic N) is 4. The Bertz CT molecular complexity index is 1490. The highest BCUT2D eigenvalue weighted by Crippen LogP contribution is 2.44. The first-order chi connectivity index (χ1) is 19.3. The van der Waals surface area contributed by atoms with Crippen LogP contribution in [0.4, 0.5) is 10.2 Å². The summed E-state index contributed by atoms with van der Waals surface area (Å²) in [6.07, 6.45) is -2.33. The molecule has 0 aliphatic carbocycles. The van der Waals surface area contributed by atoms with Gasteiger partial charge in [0, 0.05) is 7.05 Å². The van der Waals surface area contributed by atoms with Crippen LogP contribution in [-0.4, -0.2) is 63.0 Å². The smallest absolute Gasteiger partial charge is 0.310 e. The van der Waals surface area contributed by atoms with Crippen molar-refractivity contribution < 1.29 is 28.2 Å². The Morgan fingerprint density at radius 1 is 1.02 bits per heavy atom. The Morgan fingerprint density at radius 3 is 2.27 bits per heavy atom. The minimum Gasteiger partial charge on any atom is -0.463 e. The maximum atomic E-state index is 16.7. The van der Waals surface area contributed by atoms with Gasteiger partial charge in [0.2, 0.25) is 0 Å². The third-order valence-corrected chi connectivity index (χ3v) is 6.75. The van der Waals surface area contributed by atoms with E-state index in [1.165, 1.54) is 17.8 Å². The van der Waals surface area contributed by atoms with Crippen LogP contribution < -0.4 is 5.32 Å². The zero-order chi connectivity index (χ0) is 28.3. The summed E-state index contributed by atoms with van der Waals surface area (Å²) in [7, 11) is 1.70. The number of aryl methyl sites for hydroxylation is 1. The first kappa shape index (κ1) is 27.2. The SMILES string of the molecule is CNc1nc(C)nc2c1ncn2[C@@H]1O[C@H](COC(=O)Cc2ccccc2)[C@@H](OC(=O)Cc2ccccc2)[C@@]1(C)F. The van der Waals surface area contributed by atoms with Crippen LogP contribution in [0.25, 0.3) is 11.2 Å². The van der Waals surface area contributed by atoms with Crippen LogP contribution in [0.5, 0.6) is 0 Å². The van der Waals surface area contributed by atoms with E-state index in [1.807, 2.05) is 36.4 Å². The fraction of sp³-hybridized carbons (Fsp3) is 0.345. The Kier molecular flexibility index (Phi) is 7.74. The number of hydrogen-bond acceptors (Lipinski definition) is 9. The van der Waals surface area contributed by atoms with E-state index in [2.05, 4.69) is 20.3 Å². The summed E-state index contributed by atoms with van der Waals surface area (Å²) >= 11 is 0. The second-order valence-electron chi connectivity index (χ2n) is 9.79. The Labute approximate surface area is 230 Å². The molecule has 1 aliphatic heterocycles. The number of fused-ring (bicyclic) bond motifs is 1. The number of benzene rings is 2. The molecule has 11 heteroatoms. The highest BCUT2D eigenvalue weighted by Gasteiger charge is 2.58. The molecule has 0 radical (unpaired) electrons. The van der Waals surface area contributed by atoms with Crippen molar-refractivity contribution in [1.29, 1.82) is 0 Å². The van der Waals surface area contributed by atoms with Crippen molar-refractivity contribution in [2.24, 2.45) is 0 Å². The number of rotatable bonds is 9. The zero-order valence-corrected chi connectivity index (χ0v) is 22.4. The third kappa shape index (κ3) is 5.64. The van der Waals surface area contributed by atoms with Gasteiger partial charge in [0.05, 0.1) is 19.2 Å². The summed E-state index contributed by atoms with van der Waals surface area (Å²) in [5.41, 5.74) is 0.0559. The number of anilines is 1. The molecule has 0 bridgehead atoms. The number of hydrogen-bond donors (Lipinski definition) is 1. The minimum absolute atomic E-state index is 0.0392. The molecular formula is C29H30FN5O5. The lowest BCUT2D eigenvalue weighted by atomic mass is 9.98. The molecule has 0 spiro atoms. The lowest BCUT2D eigenvalue weighted by Crippen LogP contribution is -2.44. The molecule has 208 valence electrons. The predicted octanol–water partition coefficient (Wildman–Crippen LogP) is 3.74. The van der Waals surface area contributed by atoms with E-state index >= 15 is 4.39 Å². The molecule has 4 aromatic rings.